The third-order valence-electron chi connectivity index (χ3n) is 3.77. The molecule has 1 aromatic carbocycles. The predicted molar refractivity (Wildman–Crippen MR) is 74.0 cm³/mol. The second-order valence-corrected chi connectivity index (χ2v) is 5.95. The summed E-state index contributed by atoms with van der Waals surface area (Å²) in [5, 5.41) is 3.53. The van der Waals surface area contributed by atoms with Crippen LogP contribution in [0.5, 0.6) is 0 Å². The van der Waals surface area contributed by atoms with E-state index < -0.39 is 0 Å². The first-order valence-electron chi connectivity index (χ1n) is 6.16. The van der Waals surface area contributed by atoms with Crippen LogP contribution in [-0.4, -0.2) is 6.54 Å². The summed E-state index contributed by atoms with van der Waals surface area (Å²) in [7, 11) is 0. The summed E-state index contributed by atoms with van der Waals surface area (Å²) in [4.78, 5) is 0. The molecule has 0 aliphatic carbocycles. The molecule has 16 heavy (non-hydrogen) atoms. The molecule has 0 amide bonds. The van der Waals surface area contributed by atoms with Crippen molar-refractivity contribution in [2.24, 2.45) is 11.8 Å². The normalized spacial score (nSPS) is 20.7. The van der Waals surface area contributed by atoms with E-state index in [1.54, 1.807) is 0 Å². The van der Waals surface area contributed by atoms with Crippen molar-refractivity contribution in [3.63, 3.8) is 0 Å². The second-order valence-electron chi connectivity index (χ2n) is 5.04. The number of rotatable bonds is 3. The maximum absolute atomic E-state index is 3.57. The summed E-state index contributed by atoms with van der Waals surface area (Å²) in [5.41, 5.74) is 2.82. The van der Waals surface area contributed by atoms with Gasteiger partial charge in [0.05, 0.1) is 0 Å². The standard InChI is InChI=1S/C14H20BrN/c1-4-11(9(2)3)13-8-16-14-6-5-10(15)7-12(13)14/h5-7,9,11,13,16H,4,8H2,1-3H3. The summed E-state index contributed by atoms with van der Waals surface area (Å²) in [6.45, 7) is 8.08. The van der Waals surface area contributed by atoms with Crippen LogP contribution in [0.2, 0.25) is 0 Å². The molecule has 1 N–H and O–H groups in total. The molecular formula is C14H20BrN. The molecule has 1 aromatic rings. The van der Waals surface area contributed by atoms with Gasteiger partial charge in [0, 0.05) is 22.6 Å². The molecule has 1 aliphatic rings. The van der Waals surface area contributed by atoms with E-state index in [2.05, 4.69) is 60.2 Å². The lowest BCUT2D eigenvalue weighted by atomic mass is 9.79. The van der Waals surface area contributed by atoms with Gasteiger partial charge in [0.25, 0.3) is 0 Å². The van der Waals surface area contributed by atoms with Gasteiger partial charge in [-0.1, -0.05) is 43.1 Å². The number of hydrogen-bond donors (Lipinski definition) is 1. The molecule has 0 aromatic heterocycles. The first-order valence-corrected chi connectivity index (χ1v) is 6.96. The second kappa shape index (κ2) is 4.79. The van der Waals surface area contributed by atoms with Crippen LogP contribution < -0.4 is 5.32 Å². The van der Waals surface area contributed by atoms with Crippen molar-refractivity contribution in [2.75, 3.05) is 11.9 Å². The van der Waals surface area contributed by atoms with Gasteiger partial charge in [0.15, 0.2) is 0 Å². The number of benzene rings is 1. The Morgan fingerprint density at radius 3 is 2.81 bits per heavy atom. The molecule has 1 aliphatic heterocycles. The average molecular weight is 282 g/mol. The zero-order chi connectivity index (χ0) is 11.7. The molecule has 0 bridgehead atoms. The van der Waals surface area contributed by atoms with Crippen LogP contribution in [-0.2, 0) is 0 Å². The van der Waals surface area contributed by atoms with Gasteiger partial charge in [0.1, 0.15) is 0 Å². The largest absolute Gasteiger partial charge is 0.384 e. The van der Waals surface area contributed by atoms with Crippen molar-refractivity contribution in [1.82, 2.24) is 0 Å². The Morgan fingerprint density at radius 2 is 2.19 bits per heavy atom. The molecule has 0 saturated heterocycles. The molecule has 1 heterocycles. The van der Waals surface area contributed by atoms with Crippen molar-refractivity contribution < 1.29 is 0 Å². The van der Waals surface area contributed by atoms with Gasteiger partial charge in [-0.05, 0) is 35.6 Å². The zero-order valence-corrected chi connectivity index (χ0v) is 11.8. The minimum Gasteiger partial charge on any atom is -0.384 e. The molecule has 1 nitrogen and oxygen atoms in total. The fourth-order valence-electron chi connectivity index (χ4n) is 2.93. The smallest absolute Gasteiger partial charge is 0.0377 e. The third kappa shape index (κ3) is 2.13. The molecular weight excluding hydrogens is 262 g/mol. The van der Waals surface area contributed by atoms with E-state index in [9.17, 15) is 0 Å². The molecule has 0 spiro atoms. The Hall–Kier alpha value is -0.500. The van der Waals surface area contributed by atoms with E-state index >= 15 is 0 Å². The van der Waals surface area contributed by atoms with E-state index in [-0.39, 0.29) is 0 Å². The van der Waals surface area contributed by atoms with Crippen molar-refractivity contribution >= 4 is 21.6 Å². The SMILES string of the molecule is CCC(C(C)C)C1CNc2ccc(Br)cc21. The summed E-state index contributed by atoms with van der Waals surface area (Å²) < 4.78 is 1.19. The molecule has 2 unspecified atom stereocenters. The molecule has 0 fully saturated rings. The number of halogens is 1. The highest BCUT2D eigenvalue weighted by molar-refractivity contribution is 9.10. The predicted octanol–water partition coefficient (Wildman–Crippen LogP) is 4.64. The highest BCUT2D eigenvalue weighted by atomic mass is 79.9. The van der Waals surface area contributed by atoms with Crippen molar-refractivity contribution in [3.05, 3.63) is 28.2 Å². The van der Waals surface area contributed by atoms with Gasteiger partial charge in [-0.25, -0.2) is 0 Å². The zero-order valence-electron chi connectivity index (χ0n) is 10.3. The van der Waals surface area contributed by atoms with Crippen LogP contribution in [0.4, 0.5) is 5.69 Å². The van der Waals surface area contributed by atoms with Crippen LogP contribution in [0.3, 0.4) is 0 Å². The van der Waals surface area contributed by atoms with Crippen LogP contribution in [0, 0.1) is 11.8 Å². The number of hydrogen-bond acceptors (Lipinski definition) is 1. The Labute approximate surface area is 107 Å². The monoisotopic (exact) mass is 281 g/mol. The highest BCUT2D eigenvalue weighted by Gasteiger charge is 2.30. The summed E-state index contributed by atoms with van der Waals surface area (Å²) in [5.74, 6) is 2.21. The fraction of sp³-hybridized carbons (Fsp3) is 0.571. The van der Waals surface area contributed by atoms with Gasteiger partial charge in [-0.15, -0.1) is 0 Å². The summed E-state index contributed by atoms with van der Waals surface area (Å²) in [6, 6.07) is 6.59. The Morgan fingerprint density at radius 1 is 1.44 bits per heavy atom. The van der Waals surface area contributed by atoms with E-state index in [1.165, 1.54) is 22.1 Å². The molecule has 2 heteroatoms. The maximum atomic E-state index is 3.57. The van der Waals surface area contributed by atoms with E-state index in [0.29, 0.717) is 5.92 Å². The Balaban J connectivity index is 2.31. The van der Waals surface area contributed by atoms with Crippen LogP contribution in [0.1, 0.15) is 38.7 Å². The molecule has 0 saturated carbocycles. The number of nitrogens with one attached hydrogen (secondary N) is 1. The Bertz CT molecular complexity index is 373. The van der Waals surface area contributed by atoms with Gasteiger partial charge in [-0.3, -0.25) is 0 Å². The molecule has 88 valence electrons. The highest BCUT2D eigenvalue weighted by Crippen LogP contribution is 2.41. The van der Waals surface area contributed by atoms with Gasteiger partial charge in [-0.2, -0.15) is 0 Å². The molecule has 2 atom stereocenters. The average Bonchev–Trinajstić information content (AvgIpc) is 2.62. The topological polar surface area (TPSA) is 12.0 Å². The first kappa shape index (κ1) is 12.0. The lowest BCUT2D eigenvalue weighted by molar-refractivity contribution is 0.321. The minimum atomic E-state index is 0.678. The first-order chi connectivity index (χ1) is 7.63. The summed E-state index contributed by atoms with van der Waals surface area (Å²) in [6.07, 6.45) is 1.26. The quantitative estimate of drug-likeness (QED) is 0.851. The van der Waals surface area contributed by atoms with Crippen LogP contribution in [0.25, 0.3) is 0 Å². The van der Waals surface area contributed by atoms with Crippen molar-refractivity contribution in [3.8, 4) is 0 Å². The lowest BCUT2D eigenvalue weighted by Gasteiger charge is -2.26. The lowest BCUT2D eigenvalue weighted by Crippen LogP contribution is -2.19. The van der Waals surface area contributed by atoms with Gasteiger partial charge in [0.2, 0.25) is 0 Å². The van der Waals surface area contributed by atoms with E-state index in [1.807, 2.05) is 0 Å². The van der Waals surface area contributed by atoms with Crippen LogP contribution in [0.15, 0.2) is 22.7 Å². The minimum absolute atomic E-state index is 0.678. The van der Waals surface area contributed by atoms with Crippen molar-refractivity contribution in [2.45, 2.75) is 33.1 Å². The van der Waals surface area contributed by atoms with Gasteiger partial charge < -0.3 is 5.32 Å². The molecule has 0 radical (unpaired) electrons. The molecule has 2 rings (SSSR count). The number of anilines is 1. The fourth-order valence-corrected chi connectivity index (χ4v) is 3.31. The summed E-state index contributed by atoms with van der Waals surface area (Å²) >= 11 is 3.57. The van der Waals surface area contributed by atoms with E-state index in [0.717, 1.165) is 18.4 Å². The van der Waals surface area contributed by atoms with E-state index in [4.69, 9.17) is 0 Å². The Kier molecular flexibility index (Phi) is 3.58. The number of fused-ring (bicyclic) bond motifs is 1. The van der Waals surface area contributed by atoms with Crippen LogP contribution >= 0.6 is 15.9 Å². The maximum Gasteiger partial charge on any atom is 0.0377 e. The van der Waals surface area contributed by atoms with Gasteiger partial charge >= 0.3 is 0 Å². The van der Waals surface area contributed by atoms with Crippen molar-refractivity contribution in [1.29, 1.82) is 0 Å². The third-order valence-corrected chi connectivity index (χ3v) is 4.26.